The van der Waals surface area contributed by atoms with E-state index in [1.165, 1.54) is 6.42 Å². The number of carbonyl (C=O) groups excluding carboxylic acids is 2. The van der Waals surface area contributed by atoms with Gasteiger partial charge in [-0.15, -0.1) is 0 Å². The predicted octanol–water partition coefficient (Wildman–Crippen LogP) is 5.92. The van der Waals surface area contributed by atoms with E-state index >= 15 is 0 Å². The van der Waals surface area contributed by atoms with Crippen molar-refractivity contribution in [2.45, 2.75) is 110 Å². The summed E-state index contributed by atoms with van der Waals surface area (Å²) in [5.74, 6) is 0.000356. The van der Waals surface area contributed by atoms with Gasteiger partial charge in [0, 0.05) is 38.4 Å². The van der Waals surface area contributed by atoms with E-state index in [-0.39, 0.29) is 22.0 Å². The maximum atomic E-state index is 12.1. The zero-order valence-electron chi connectivity index (χ0n) is 21.1. The van der Waals surface area contributed by atoms with Gasteiger partial charge in [-0.05, 0) is 49.6 Å². The van der Waals surface area contributed by atoms with Gasteiger partial charge in [0.1, 0.15) is 11.9 Å². The molecule has 0 saturated heterocycles. The lowest BCUT2D eigenvalue weighted by atomic mass is 10.0. The lowest BCUT2D eigenvalue weighted by Crippen LogP contribution is -2.44. The molecule has 0 aromatic rings. The summed E-state index contributed by atoms with van der Waals surface area (Å²) in [7, 11) is -3.73. The van der Waals surface area contributed by atoms with Crippen molar-refractivity contribution in [2.24, 2.45) is 0 Å². The standard InChI is InChI=1S/C23H45O5Si2/c1-19(28-30(10,11)23(5,6)7)17-21(26-18-24)14-12-13-20(25)15-16-27-29(8,9)22(2,3)4/h12-14,18-19,21H,15-17H2,1-11H3/t19-,21+/m1/s1. The Morgan fingerprint density at radius 3 is 1.97 bits per heavy atom. The molecule has 0 aliphatic heterocycles. The van der Waals surface area contributed by atoms with Crippen LogP contribution in [-0.2, 0) is 23.2 Å². The number of carbonyl (C=O) groups is 2. The fourth-order valence-corrected chi connectivity index (χ4v) is 4.80. The van der Waals surface area contributed by atoms with Crippen molar-refractivity contribution in [1.29, 1.82) is 0 Å². The van der Waals surface area contributed by atoms with Gasteiger partial charge in [0.05, 0.1) is 0 Å². The molecule has 175 valence electrons. The minimum Gasteiger partial charge on any atom is -0.464 e. The highest BCUT2D eigenvalue weighted by atomic mass is 28.4. The highest BCUT2D eigenvalue weighted by Gasteiger charge is 2.39. The Balaban J connectivity index is 4.42. The molecule has 0 rings (SSSR count). The third-order valence-corrected chi connectivity index (χ3v) is 15.5. The normalized spacial score (nSPS) is 15.6. The molecule has 0 aromatic heterocycles. The largest absolute Gasteiger partial charge is 0.464 e. The maximum absolute atomic E-state index is 12.1. The second-order valence-electron chi connectivity index (χ2n) is 11.1. The van der Waals surface area contributed by atoms with E-state index in [2.05, 4.69) is 67.7 Å². The van der Waals surface area contributed by atoms with Gasteiger partial charge in [0.2, 0.25) is 0 Å². The molecule has 0 spiro atoms. The molecule has 0 unspecified atom stereocenters. The lowest BCUT2D eigenvalue weighted by molar-refractivity contribution is -0.133. The summed E-state index contributed by atoms with van der Waals surface area (Å²) < 4.78 is 17.6. The Hall–Kier alpha value is -0.506. The Labute approximate surface area is 187 Å². The monoisotopic (exact) mass is 457 g/mol. The quantitative estimate of drug-likeness (QED) is 0.239. The second-order valence-corrected chi connectivity index (χ2v) is 20.6. The summed E-state index contributed by atoms with van der Waals surface area (Å²) in [6, 6.07) is 0. The molecule has 0 N–H and O–H groups in total. The highest BCUT2D eigenvalue weighted by Crippen LogP contribution is 2.38. The Kier molecular flexibility index (Phi) is 11.7. The van der Waals surface area contributed by atoms with Crippen molar-refractivity contribution in [3.8, 4) is 0 Å². The molecule has 3 radical (unpaired) electrons. The van der Waals surface area contributed by atoms with Crippen molar-refractivity contribution in [3.05, 3.63) is 19.3 Å². The average molecular weight is 458 g/mol. The van der Waals surface area contributed by atoms with Crippen LogP contribution in [0.25, 0.3) is 0 Å². The minimum atomic E-state index is -1.89. The topological polar surface area (TPSA) is 61.8 Å². The van der Waals surface area contributed by atoms with Crippen LogP contribution in [0.3, 0.4) is 0 Å². The van der Waals surface area contributed by atoms with Gasteiger partial charge in [-0.3, -0.25) is 9.59 Å². The first-order chi connectivity index (χ1) is 13.4. The lowest BCUT2D eigenvalue weighted by Gasteiger charge is -2.39. The first-order valence-corrected chi connectivity index (χ1v) is 16.7. The number of Topliss-reactive ketones (excluding diaryl/α,β-unsaturated/α-hetero) is 1. The predicted molar refractivity (Wildman–Crippen MR) is 129 cm³/mol. The third kappa shape index (κ3) is 10.7. The molecule has 0 aliphatic carbocycles. The first-order valence-electron chi connectivity index (χ1n) is 10.9. The van der Waals surface area contributed by atoms with Crippen LogP contribution in [0.1, 0.15) is 61.3 Å². The molecule has 7 heteroatoms. The summed E-state index contributed by atoms with van der Waals surface area (Å²) in [6.45, 7) is 24.8. The number of hydrogen-bond donors (Lipinski definition) is 0. The number of hydrogen-bond acceptors (Lipinski definition) is 5. The molecule has 5 nitrogen and oxygen atoms in total. The van der Waals surface area contributed by atoms with Gasteiger partial charge < -0.3 is 13.6 Å². The molecular formula is C23H45O5Si2. The van der Waals surface area contributed by atoms with E-state index in [9.17, 15) is 9.59 Å². The van der Waals surface area contributed by atoms with Crippen molar-refractivity contribution >= 4 is 28.9 Å². The van der Waals surface area contributed by atoms with Gasteiger partial charge in [-0.1, -0.05) is 41.5 Å². The summed E-state index contributed by atoms with van der Waals surface area (Å²) in [4.78, 5) is 23.0. The molecule has 0 aromatic carbocycles. The van der Waals surface area contributed by atoms with Gasteiger partial charge in [0.25, 0.3) is 6.47 Å². The average Bonchev–Trinajstić information content (AvgIpc) is 2.51. The van der Waals surface area contributed by atoms with Crippen molar-refractivity contribution < 1.29 is 23.2 Å². The van der Waals surface area contributed by atoms with Crippen LogP contribution in [0, 0.1) is 19.3 Å². The van der Waals surface area contributed by atoms with Crippen LogP contribution in [0.4, 0.5) is 0 Å². The van der Waals surface area contributed by atoms with Gasteiger partial charge in [-0.25, -0.2) is 0 Å². The van der Waals surface area contributed by atoms with E-state index in [0.29, 0.717) is 25.9 Å². The SMILES string of the molecule is C[C@H](C[C@H]([CH][CH][CH]C(=O)CCO[Si](C)(C)C(C)(C)C)OC=O)O[Si](C)(C)C(C)(C)C. The summed E-state index contributed by atoms with van der Waals surface area (Å²) in [5.41, 5.74) is 0. The van der Waals surface area contributed by atoms with E-state index in [0.717, 1.165) is 0 Å². The van der Waals surface area contributed by atoms with Gasteiger partial charge in [0.15, 0.2) is 16.6 Å². The Morgan fingerprint density at radius 1 is 0.967 bits per heavy atom. The molecule has 2 atom stereocenters. The van der Waals surface area contributed by atoms with Crippen LogP contribution in [0.15, 0.2) is 0 Å². The molecule has 0 heterocycles. The molecule has 0 saturated carbocycles. The van der Waals surface area contributed by atoms with E-state index in [4.69, 9.17) is 13.6 Å². The van der Waals surface area contributed by atoms with Gasteiger partial charge >= 0.3 is 0 Å². The maximum Gasteiger partial charge on any atom is 0.293 e. The molecule has 30 heavy (non-hydrogen) atoms. The smallest absolute Gasteiger partial charge is 0.293 e. The molecule has 0 amide bonds. The number of rotatable bonds is 14. The van der Waals surface area contributed by atoms with Crippen LogP contribution in [0.2, 0.25) is 36.3 Å². The van der Waals surface area contributed by atoms with E-state index < -0.39 is 22.7 Å². The third-order valence-electron chi connectivity index (χ3n) is 6.32. The summed E-state index contributed by atoms with van der Waals surface area (Å²) in [6.07, 6.45) is 5.37. The Bertz CT molecular complexity index is 533. The van der Waals surface area contributed by atoms with Crippen LogP contribution < -0.4 is 0 Å². The summed E-state index contributed by atoms with van der Waals surface area (Å²) >= 11 is 0. The molecule has 0 fully saturated rings. The van der Waals surface area contributed by atoms with Crippen molar-refractivity contribution in [1.82, 2.24) is 0 Å². The fraction of sp³-hybridized carbons (Fsp3) is 0.783. The minimum absolute atomic E-state index is 0.000356. The van der Waals surface area contributed by atoms with E-state index in [1.54, 1.807) is 12.8 Å². The zero-order valence-corrected chi connectivity index (χ0v) is 23.1. The van der Waals surface area contributed by atoms with Crippen molar-refractivity contribution in [3.63, 3.8) is 0 Å². The molecular weight excluding hydrogens is 412 g/mol. The van der Waals surface area contributed by atoms with Crippen LogP contribution >= 0.6 is 0 Å². The second kappa shape index (κ2) is 11.9. The number of ether oxygens (including phenoxy) is 1. The Morgan fingerprint density at radius 2 is 1.50 bits per heavy atom. The van der Waals surface area contributed by atoms with Crippen molar-refractivity contribution in [2.75, 3.05) is 6.61 Å². The van der Waals surface area contributed by atoms with Crippen LogP contribution in [-0.4, -0.2) is 47.7 Å². The number of ketones is 1. The zero-order chi connectivity index (χ0) is 23.8. The molecule has 0 bridgehead atoms. The highest BCUT2D eigenvalue weighted by molar-refractivity contribution is 6.74. The van der Waals surface area contributed by atoms with E-state index in [1.807, 2.05) is 6.92 Å². The fourth-order valence-electron chi connectivity index (χ4n) is 2.30. The summed E-state index contributed by atoms with van der Waals surface area (Å²) in [5, 5.41) is 0.243. The van der Waals surface area contributed by atoms with Crippen LogP contribution in [0.5, 0.6) is 0 Å². The molecule has 0 aliphatic rings. The van der Waals surface area contributed by atoms with Gasteiger partial charge in [-0.2, -0.15) is 0 Å². The first kappa shape index (κ1) is 29.5.